The number of fused-ring (bicyclic) bond motifs is 15. The molecule has 9 N–H and O–H groups in total. The molecule has 43 heavy (non-hydrogen) atoms. The lowest BCUT2D eigenvalue weighted by Gasteiger charge is -2.38. The first-order valence-electron chi connectivity index (χ1n) is 15.4. The summed E-state index contributed by atoms with van der Waals surface area (Å²) in [7, 11) is 0. The van der Waals surface area contributed by atoms with E-state index in [1.165, 1.54) is 12.2 Å². The van der Waals surface area contributed by atoms with Crippen LogP contribution in [0.4, 0.5) is 0 Å². The van der Waals surface area contributed by atoms with Gasteiger partial charge >= 0.3 is 0 Å². The van der Waals surface area contributed by atoms with Crippen LogP contribution in [-0.2, 0) is 24.0 Å². The number of nitrogens with one attached hydrogen (secondary N) is 9. The largest absolute Gasteiger partial charge is 0.356 e. The summed E-state index contributed by atoms with van der Waals surface area (Å²) >= 11 is 0. The third kappa shape index (κ3) is 12.3. The van der Waals surface area contributed by atoms with Gasteiger partial charge in [0.15, 0.2) is 0 Å². The van der Waals surface area contributed by atoms with Crippen molar-refractivity contribution in [3.63, 3.8) is 0 Å². The van der Waals surface area contributed by atoms with Crippen LogP contribution in [0, 0.1) is 0 Å². The Bertz CT molecular complexity index is 949. The molecule has 3 saturated heterocycles. The highest BCUT2D eigenvalue weighted by Gasteiger charge is 2.33. The molecule has 0 unspecified atom stereocenters. The van der Waals surface area contributed by atoms with E-state index in [9.17, 15) is 24.0 Å². The maximum absolute atomic E-state index is 13.1. The van der Waals surface area contributed by atoms with Gasteiger partial charge in [0.05, 0.1) is 11.1 Å². The molecule has 15 nitrogen and oxygen atoms in total. The normalized spacial score (nSPS) is 26.0. The molecule has 4 rings (SSSR count). The van der Waals surface area contributed by atoms with Crippen molar-refractivity contribution < 1.29 is 29.7 Å². The predicted octanol–water partition coefficient (Wildman–Crippen LogP) is -3.13. The minimum absolute atomic E-state index is 0. The van der Waals surface area contributed by atoms with Gasteiger partial charge in [-0.25, -0.2) is 0 Å². The van der Waals surface area contributed by atoms with E-state index in [4.69, 9.17) is 0 Å². The summed E-state index contributed by atoms with van der Waals surface area (Å²) in [5.74, 6) is -1.01. The van der Waals surface area contributed by atoms with Gasteiger partial charge in [-0.05, 0) is 12.8 Å². The van der Waals surface area contributed by atoms with Crippen LogP contribution in [0.3, 0.4) is 0 Å². The number of carbonyl (C=O) groups excluding carboxylic acids is 5. The third-order valence-electron chi connectivity index (χ3n) is 7.65. The third-order valence-corrected chi connectivity index (χ3v) is 7.65. The van der Waals surface area contributed by atoms with Gasteiger partial charge in [0, 0.05) is 129 Å². The zero-order valence-corrected chi connectivity index (χ0v) is 25.4. The molecule has 250 valence electrons. The maximum atomic E-state index is 13.1. The number of hydrogen-bond acceptors (Lipinski definition) is 11. The molecule has 0 atom stereocenters. The highest BCUT2D eigenvalue weighted by Crippen LogP contribution is 2.07. The van der Waals surface area contributed by atoms with Gasteiger partial charge in [-0.1, -0.05) is 0 Å². The Hall–Kier alpha value is -2.95. The smallest absolute Gasteiger partial charge is 0.253 e. The standard InChI is InChI=1S/C28H50N10O5.4H2/c1-22(39)36-27-16-29-9-12-32-19-28(20-33-13-10-30-17-27,21-34-14-11-31-18-27)37-24(41)5-2-4-23(40)35-8-3-15-38-25(42)6-7-26(38)43;;;;/h6-7,29-34H,2-5,8-21H2,1H3,(H,35,40)(H,36,39)(H,37,41);4*1H. The Morgan fingerprint density at radius 2 is 1.12 bits per heavy atom. The van der Waals surface area contributed by atoms with Crippen LogP contribution in [0.15, 0.2) is 12.2 Å². The lowest BCUT2D eigenvalue weighted by molar-refractivity contribution is -0.136. The number of rotatable bonds is 10. The first-order valence-corrected chi connectivity index (χ1v) is 15.4. The highest BCUT2D eigenvalue weighted by molar-refractivity contribution is 6.12. The van der Waals surface area contributed by atoms with E-state index < -0.39 is 11.1 Å². The Balaban J connectivity index is 0. The van der Waals surface area contributed by atoms with Gasteiger partial charge in [0.1, 0.15) is 0 Å². The first kappa shape index (κ1) is 34.5. The van der Waals surface area contributed by atoms with Gasteiger partial charge < -0.3 is 47.9 Å². The van der Waals surface area contributed by atoms with Gasteiger partial charge in [-0.3, -0.25) is 28.9 Å². The van der Waals surface area contributed by atoms with Crippen molar-refractivity contribution in [3.05, 3.63) is 12.2 Å². The van der Waals surface area contributed by atoms with E-state index in [-0.39, 0.29) is 54.6 Å². The molecule has 0 aromatic rings. The molecule has 15 heteroatoms. The van der Waals surface area contributed by atoms with Crippen molar-refractivity contribution in [3.8, 4) is 0 Å². The van der Waals surface area contributed by atoms with Gasteiger partial charge in [-0.15, -0.1) is 0 Å². The molecule has 0 aromatic carbocycles. The van der Waals surface area contributed by atoms with Crippen LogP contribution in [0.1, 0.15) is 38.3 Å². The molecule has 0 radical (unpaired) electrons. The number of amides is 5. The van der Waals surface area contributed by atoms with Gasteiger partial charge in [0.25, 0.3) is 11.8 Å². The van der Waals surface area contributed by atoms with E-state index in [1.54, 1.807) is 6.92 Å². The maximum Gasteiger partial charge on any atom is 0.253 e. The summed E-state index contributed by atoms with van der Waals surface area (Å²) < 4.78 is 0. The van der Waals surface area contributed by atoms with Crippen LogP contribution in [0.25, 0.3) is 0 Å². The quantitative estimate of drug-likeness (QED) is 0.0891. The Kier molecular flexibility index (Phi) is 14.5. The second-order valence-electron chi connectivity index (χ2n) is 11.6. The topological polar surface area (TPSA) is 197 Å². The monoisotopic (exact) mass is 614 g/mol. The molecule has 4 aliphatic rings. The zero-order chi connectivity index (χ0) is 31.0. The van der Waals surface area contributed by atoms with Crippen LogP contribution in [0.5, 0.6) is 0 Å². The van der Waals surface area contributed by atoms with E-state index in [1.807, 2.05) is 0 Å². The molecule has 0 spiro atoms. The molecule has 0 aromatic heterocycles. The van der Waals surface area contributed by atoms with Crippen molar-refractivity contribution in [1.29, 1.82) is 0 Å². The van der Waals surface area contributed by atoms with Crippen molar-refractivity contribution in [1.82, 2.24) is 52.8 Å². The molecular formula is C28H58N10O5. The van der Waals surface area contributed by atoms with E-state index in [0.717, 1.165) is 4.90 Å². The lowest BCUT2D eigenvalue weighted by atomic mass is 9.97. The van der Waals surface area contributed by atoms with E-state index in [2.05, 4.69) is 47.9 Å². The van der Waals surface area contributed by atoms with Crippen LogP contribution in [-0.4, -0.2) is 137 Å². The molecule has 0 saturated carbocycles. The fourth-order valence-electron chi connectivity index (χ4n) is 5.48. The molecule has 3 fully saturated rings. The van der Waals surface area contributed by atoms with E-state index >= 15 is 0 Å². The summed E-state index contributed by atoms with van der Waals surface area (Å²) in [6, 6.07) is 0. The average Bonchev–Trinajstić information content (AvgIpc) is 3.28. The minimum Gasteiger partial charge on any atom is -0.356 e. The SMILES string of the molecule is CC(=O)NC12CNCCNCC(NC(=O)CCCC(=O)NCCCN3C(=O)C=CC3=O)(CNCCNC1)CNCCNC2.[HH].[HH].[HH].[HH]. The summed E-state index contributed by atoms with van der Waals surface area (Å²) in [5.41, 5.74) is -1.03. The first-order chi connectivity index (χ1) is 20.7. The van der Waals surface area contributed by atoms with Crippen molar-refractivity contribution in [2.24, 2.45) is 0 Å². The highest BCUT2D eigenvalue weighted by atomic mass is 16.2. The zero-order valence-electron chi connectivity index (χ0n) is 25.4. The van der Waals surface area contributed by atoms with Crippen molar-refractivity contribution in [2.45, 2.75) is 43.7 Å². The summed E-state index contributed by atoms with van der Waals surface area (Å²) in [4.78, 5) is 61.7. The summed E-state index contributed by atoms with van der Waals surface area (Å²) in [6.45, 7) is 9.79. The Morgan fingerprint density at radius 3 is 1.56 bits per heavy atom. The van der Waals surface area contributed by atoms with Crippen LogP contribution in [0.2, 0.25) is 0 Å². The summed E-state index contributed by atoms with van der Waals surface area (Å²) in [6.07, 6.45) is 3.79. The van der Waals surface area contributed by atoms with Crippen molar-refractivity contribution in [2.75, 3.05) is 91.6 Å². The van der Waals surface area contributed by atoms with Crippen LogP contribution < -0.4 is 47.9 Å². The molecular weight excluding hydrogens is 556 g/mol. The second kappa shape index (κ2) is 18.0. The fraction of sp³-hybridized carbons (Fsp3) is 0.750. The van der Waals surface area contributed by atoms with Gasteiger partial charge in [0.2, 0.25) is 17.7 Å². The molecule has 5 amide bonds. The summed E-state index contributed by atoms with van der Waals surface area (Å²) in [5, 5.41) is 30.1. The number of carbonyl (C=O) groups is 5. The number of hydrogen-bond donors (Lipinski definition) is 9. The second-order valence-corrected chi connectivity index (χ2v) is 11.6. The van der Waals surface area contributed by atoms with Gasteiger partial charge in [-0.2, -0.15) is 0 Å². The Morgan fingerprint density at radius 1 is 0.698 bits per heavy atom. The van der Waals surface area contributed by atoms with Crippen LogP contribution >= 0.6 is 0 Å². The predicted molar refractivity (Wildman–Crippen MR) is 170 cm³/mol. The molecule has 4 heterocycles. The lowest BCUT2D eigenvalue weighted by Crippen LogP contribution is -2.68. The number of imide groups is 1. The molecule has 2 bridgehead atoms. The average molecular weight is 615 g/mol. The Labute approximate surface area is 259 Å². The minimum atomic E-state index is -0.577. The van der Waals surface area contributed by atoms with E-state index in [0.29, 0.717) is 97.9 Å². The fourth-order valence-corrected chi connectivity index (χ4v) is 5.48. The van der Waals surface area contributed by atoms with Crippen molar-refractivity contribution >= 4 is 29.5 Å². The molecule has 0 aliphatic carbocycles. The number of nitrogens with zero attached hydrogens (tertiary/aromatic N) is 1. The molecule has 4 aliphatic heterocycles.